The minimum absolute atomic E-state index is 0.0396. The second kappa shape index (κ2) is 9.59. The Kier molecular flexibility index (Phi) is 6.89. The van der Waals surface area contributed by atoms with Crippen molar-refractivity contribution in [3.05, 3.63) is 40.9 Å². The summed E-state index contributed by atoms with van der Waals surface area (Å²) in [5.74, 6) is 4.77. The van der Waals surface area contributed by atoms with Gasteiger partial charge in [0.1, 0.15) is 21.6 Å². The van der Waals surface area contributed by atoms with Gasteiger partial charge in [0.15, 0.2) is 5.17 Å². The lowest BCUT2D eigenvalue weighted by atomic mass is 10.00. The summed E-state index contributed by atoms with van der Waals surface area (Å²) in [7, 11) is 1.42. The third-order valence-corrected chi connectivity index (χ3v) is 4.96. The van der Waals surface area contributed by atoms with Crippen molar-refractivity contribution < 1.29 is 14.3 Å². The predicted molar refractivity (Wildman–Crippen MR) is 119 cm³/mol. The molecule has 0 aromatic carbocycles. The van der Waals surface area contributed by atoms with Crippen molar-refractivity contribution in [1.29, 1.82) is 10.8 Å². The van der Waals surface area contributed by atoms with Crippen LogP contribution in [0.4, 0.5) is 0 Å². The van der Waals surface area contributed by atoms with Crippen molar-refractivity contribution in [3.8, 4) is 28.7 Å². The summed E-state index contributed by atoms with van der Waals surface area (Å²) in [6, 6.07) is 2.81. The summed E-state index contributed by atoms with van der Waals surface area (Å²) in [5.41, 5.74) is 5.97. The number of hydrogen-bond donors (Lipinski definition) is 4. The number of nitrogens with two attached hydrogens (primary N) is 1. The molecule has 1 aliphatic rings. The first-order valence-corrected chi connectivity index (χ1v) is 10.2. The molecule has 158 valence electrons. The highest BCUT2D eigenvalue weighted by atomic mass is 35.5. The lowest BCUT2D eigenvalue weighted by Gasteiger charge is -2.14. The molecule has 0 unspecified atom stereocenters. The van der Waals surface area contributed by atoms with E-state index < -0.39 is 11.8 Å². The molecule has 1 saturated carbocycles. The van der Waals surface area contributed by atoms with Gasteiger partial charge in [0.25, 0.3) is 11.8 Å². The van der Waals surface area contributed by atoms with E-state index in [2.05, 4.69) is 27.1 Å². The van der Waals surface area contributed by atoms with E-state index in [4.69, 9.17) is 32.9 Å². The van der Waals surface area contributed by atoms with Crippen LogP contribution in [-0.4, -0.2) is 39.1 Å². The molecule has 1 aliphatic carbocycles. The quantitative estimate of drug-likeness (QED) is 0.240. The van der Waals surface area contributed by atoms with Crippen molar-refractivity contribution in [1.82, 2.24) is 15.3 Å². The van der Waals surface area contributed by atoms with Crippen molar-refractivity contribution in [3.63, 3.8) is 0 Å². The zero-order chi connectivity index (χ0) is 22.5. The molecule has 0 aliphatic heterocycles. The Hall–Kier alpha value is -3.42. The van der Waals surface area contributed by atoms with Crippen LogP contribution in [0.1, 0.15) is 33.7 Å². The Balaban J connectivity index is 1.90. The number of amides is 2. The summed E-state index contributed by atoms with van der Waals surface area (Å²) in [4.78, 5) is 32.3. The molecule has 0 radical (unpaired) electrons. The van der Waals surface area contributed by atoms with Gasteiger partial charge in [-0.15, -0.1) is 0 Å². The SMILES string of the molecule is COc1cnc(Cl)cc1-c1cc(C(N)=O)ncc1C(=O)NC(=N)SC(=N)C#CC1CC1. The molecule has 2 aromatic rings. The van der Waals surface area contributed by atoms with E-state index in [-0.39, 0.29) is 32.2 Å². The number of pyridine rings is 2. The van der Waals surface area contributed by atoms with Crippen LogP contribution in [0.15, 0.2) is 24.5 Å². The molecule has 2 heterocycles. The minimum atomic E-state index is -0.779. The van der Waals surface area contributed by atoms with Crippen LogP contribution in [0.5, 0.6) is 5.75 Å². The Bertz CT molecular complexity index is 1150. The number of primary amides is 1. The fraction of sp³-hybridized carbons (Fsp3) is 0.200. The molecule has 5 N–H and O–H groups in total. The zero-order valence-electron chi connectivity index (χ0n) is 16.3. The highest BCUT2D eigenvalue weighted by Crippen LogP contribution is 2.34. The van der Waals surface area contributed by atoms with Crippen LogP contribution in [0.2, 0.25) is 5.15 Å². The van der Waals surface area contributed by atoms with Gasteiger partial charge in [0.2, 0.25) is 0 Å². The molecule has 9 nitrogen and oxygen atoms in total. The first-order chi connectivity index (χ1) is 14.8. The van der Waals surface area contributed by atoms with Gasteiger partial charge in [-0.05, 0) is 42.7 Å². The maximum absolute atomic E-state index is 12.9. The summed E-state index contributed by atoms with van der Waals surface area (Å²) in [5, 5.41) is 18.0. The van der Waals surface area contributed by atoms with Crippen molar-refractivity contribution in [2.45, 2.75) is 12.8 Å². The second-order valence-corrected chi connectivity index (χ2v) is 7.85. The van der Waals surface area contributed by atoms with Gasteiger partial charge in [0.05, 0.1) is 18.9 Å². The molecule has 31 heavy (non-hydrogen) atoms. The number of nitrogens with zero attached hydrogens (tertiary/aromatic N) is 2. The third kappa shape index (κ3) is 5.81. The monoisotopic (exact) mass is 456 g/mol. The van der Waals surface area contributed by atoms with Crippen molar-refractivity contribution in [2.75, 3.05) is 7.11 Å². The van der Waals surface area contributed by atoms with Crippen LogP contribution in [-0.2, 0) is 0 Å². The number of halogens is 1. The minimum Gasteiger partial charge on any atom is -0.494 e. The fourth-order valence-electron chi connectivity index (χ4n) is 2.50. The maximum Gasteiger partial charge on any atom is 0.267 e. The number of aromatic nitrogens is 2. The van der Waals surface area contributed by atoms with E-state index in [1.165, 1.54) is 31.6 Å². The van der Waals surface area contributed by atoms with Gasteiger partial charge in [-0.1, -0.05) is 17.5 Å². The van der Waals surface area contributed by atoms with E-state index in [1.807, 2.05) is 0 Å². The van der Waals surface area contributed by atoms with Crippen LogP contribution >= 0.6 is 23.4 Å². The van der Waals surface area contributed by atoms with Crippen LogP contribution < -0.4 is 15.8 Å². The molecule has 0 bridgehead atoms. The Morgan fingerprint density at radius 2 is 2.00 bits per heavy atom. The Morgan fingerprint density at radius 3 is 2.65 bits per heavy atom. The molecule has 0 saturated heterocycles. The number of carbonyl (C=O) groups is 2. The summed E-state index contributed by atoms with van der Waals surface area (Å²) in [6.45, 7) is 0. The molecular formula is C20H17ClN6O3S. The molecule has 0 spiro atoms. The standard InChI is InChI=1S/C20H17ClN6O3S/c1-30-15-9-26-16(21)7-12(15)11-6-14(18(23)28)25-8-13(11)19(29)27-20(24)31-17(22)5-4-10-2-3-10/h6-10,22H,2-3H2,1H3,(H2,23,28)(H2,24,27,29). The predicted octanol–water partition coefficient (Wildman–Crippen LogP) is 2.69. The van der Waals surface area contributed by atoms with Crippen LogP contribution in [0.3, 0.4) is 0 Å². The smallest absolute Gasteiger partial charge is 0.267 e. The van der Waals surface area contributed by atoms with Gasteiger partial charge in [-0.25, -0.2) is 4.98 Å². The molecule has 11 heteroatoms. The fourth-order valence-corrected chi connectivity index (χ4v) is 3.12. The number of nitrogens with one attached hydrogen (secondary N) is 3. The average molecular weight is 457 g/mol. The van der Waals surface area contributed by atoms with Crippen molar-refractivity contribution in [2.24, 2.45) is 11.7 Å². The maximum atomic E-state index is 12.9. The zero-order valence-corrected chi connectivity index (χ0v) is 17.9. The normalized spacial score (nSPS) is 12.3. The number of thioether (sulfide) groups is 1. The second-order valence-electron chi connectivity index (χ2n) is 6.44. The van der Waals surface area contributed by atoms with Gasteiger partial charge in [-0.3, -0.25) is 25.4 Å². The van der Waals surface area contributed by atoms with Crippen LogP contribution in [0.25, 0.3) is 11.1 Å². The number of rotatable bonds is 4. The van der Waals surface area contributed by atoms with E-state index >= 15 is 0 Å². The highest BCUT2D eigenvalue weighted by Gasteiger charge is 2.21. The molecule has 3 rings (SSSR count). The summed E-state index contributed by atoms with van der Waals surface area (Å²) < 4.78 is 5.30. The molecule has 2 aromatic heterocycles. The van der Waals surface area contributed by atoms with Gasteiger partial charge in [-0.2, -0.15) is 0 Å². The van der Waals surface area contributed by atoms with Gasteiger partial charge >= 0.3 is 0 Å². The number of hydrogen-bond acceptors (Lipinski definition) is 8. The summed E-state index contributed by atoms with van der Waals surface area (Å²) in [6.07, 6.45) is 4.60. The lowest BCUT2D eigenvalue weighted by molar-refractivity contribution is 0.0971. The van der Waals surface area contributed by atoms with E-state index in [9.17, 15) is 9.59 Å². The average Bonchev–Trinajstić information content (AvgIpc) is 3.56. The van der Waals surface area contributed by atoms with E-state index in [1.54, 1.807) is 0 Å². The summed E-state index contributed by atoms with van der Waals surface area (Å²) >= 11 is 6.73. The number of methoxy groups -OCH3 is 1. The molecular weight excluding hydrogens is 440 g/mol. The highest BCUT2D eigenvalue weighted by molar-refractivity contribution is 8.26. The number of carbonyl (C=O) groups excluding carboxylic acids is 2. The first-order valence-electron chi connectivity index (χ1n) is 8.96. The Morgan fingerprint density at radius 1 is 1.26 bits per heavy atom. The first kappa shape index (κ1) is 22.3. The topological polar surface area (TPSA) is 155 Å². The van der Waals surface area contributed by atoms with Gasteiger partial charge in [0, 0.05) is 23.2 Å². The van der Waals surface area contributed by atoms with E-state index in [0.717, 1.165) is 24.6 Å². The lowest BCUT2D eigenvalue weighted by Crippen LogP contribution is -2.29. The number of amidine groups is 1. The molecule has 2 amide bonds. The van der Waals surface area contributed by atoms with Gasteiger partial charge < -0.3 is 15.8 Å². The van der Waals surface area contributed by atoms with E-state index in [0.29, 0.717) is 17.2 Å². The largest absolute Gasteiger partial charge is 0.494 e. The number of ether oxygens (including phenoxy) is 1. The molecule has 0 atom stereocenters. The van der Waals surface area contributed by atoms with Crippen LogP contribution in [0, 0.1) is 28.6 Å². The molecule has 1 fully saturated rings. The Labute approximate surface area is 187 Å². The van der Waals surface area contributed by atoms with Crippen molar-refractivity contribution >= 4 is 45.4 Å². The third-order valence-electron chi connectivity index (χ3n) is 4.14.